The van der Waals surface area contributed by atoms with Crippen LogP contribution in [0.4, 0.5) is 5.69 Å². The zero-order chi connectivity index (χ0) is 12.8. The molecule has 0 amide bonds. The molecule has 2 rings (SSSR count). The number of rotatable bonds is 5. The number of morpholine rings is 1. The summed E-state index contributed by atoms with van der Waals surface area (Å²) in [5, 5.41) is 12.0. The monoisotopic (exact) mass is 251 g/mol. The van der Waals surface area contributed by atoms with E-state index in [4.69, 9.17) is 9.84 Å². The second-order valence-corrected chi connectivity index (χ2v) is 4.15. The lowest BCUT2D eigenvalue weighted by Gasteiger charge is -2.26. The van der Waals surface area contributed by atoms with E-state index < -0.39 is 5.97 Å². The molecule has 18 heavy (non-hydrogen) atoms. The van der Waals surface area contributed by atoms with E-state index in [0.717, 1.165) is 45.1 Å². The molecule has 0 aliphatic carbocycles. The third-order valence-corrected chi connectivity index (χ3v) is 2.85. The van der Waals surface area contributed by atoms with Gasteiger partial charge in [-0.25, -0.2) is 4.79 Å². The molecule has 0 unspecified atom stereocenters. The van der Waals surface area contributed by atoms with Crippen LogP contribution in [0, 0.1) is 0 Å². The van der Waals surface area contributed by atoms with Crippen molar-refractivity contribution < 1.29 is 14.6 Å². The number of ether oxygens (including phenoxy) is 1. The van der Waals surface area contributed by atoms with E-state index in [1.54, 1.807) is 12.3 Å². The van der Waals surface area contributed by atoms with Gasteiger partial charge in [0.05, 0.1) is 24.5 Å². The zero-order valence-corrected chi connectivity index (χ0v) is 10.1. The molecular formula is C12H17N3O3. The van der Waals surface area contributed by atoms with Crippen LogP contribution in [0.3, 0.4) is 0 Å². The molecule has 1 aliphatic heterocycles. The zero-order valence-electron chi connectivity index (χ0n) is 10.1. The Labute approximate surface area is 106 Å². The second kappa shape index (κ2) is 6.32. The van der Waals surface area contributed by atoms with Gasteiger partial charge in [-0.3, -0.25) is 9.88 Å². The third-order valence-electron chi connectivity index (χ3n) is 2.85. The molecule has 0 atom stereocenters. The van der Waals surface area contributed by atoms with Gasteiger partial charge >= 0.3 is 5.97 Å². The van der Waals surface area contributed by atoms with Gasteiger partial charge in [0.15, 0.2) is 0 Å². The fraction of sp³-hybridized carbons (Fsp3) is 0.500. The number of aromatic carboxylic acids is 1. The van der Waals surface area contributed by atoms with Crippen molar-refractivity contribution in [3.63, 3.8) is 0 Å². The second-order valence-electron chi connectivity index (χ2n) is 4.15. The van der Waals surface area contributed by atoms with E-state index in [9.17, 15) is 4.79 Å². The van der Waals surface area contributed by atoms with Gasteiger partial charge in [0.2, 0.25) is 0 Å². The number of anilines is 1. The first-order chi connectivity index (χ1) is 8.75. The summed E-state index contributed by atoms with van der Waals surface area (Å²) < 4.78 is 5.27. The number of aromatic nitrogens is 1. The maximum Gasteiger partial charge on any atom is 0.337 e. The van der Waals surface area contributed by atoms with Gasteiger partial charge in [0.1, 0.15) is 0 Å². The molecule has 98 valence electrons. The highest BCUT2D eigenvalue weighted by Gasteiger charge is 2.09. The Morgan fingerprint density at radius 1 is 1.44 bits per heavy atom. The quantitative estimate of drug-likeness (QED) is 0.795. The standard InChI is InChI=1S/C12H17N3O3/c16-12(17)10-7-11(9-13-8-10)14-1-2-15-3-5-18-6-4-15/h7-9,14H,1-6H2,(H,16,17). The van der Waals surface area contributed by atoms with Crippen LogP contribution in [0.15, 0.2) is 18.5 Å². The molecule has 0 bridgehead atoms. The SMILES string of the molecule is O=C(O)c1cncc(NCCN2CCOCC2)c1. The van der Waals surface area contributed by atoms with Crippen molar-refractivity contribution in [3.05, 3.63) is 24.0 Å². The molecule has 6 heteroatoms. The molecule has 0 saturated carbocycles. The summed E-state index contributed by atoms with van der Waals surface area (Å²) in [4.78, 5) is 17.0. The lowest BCUT2D eigenvalue weighted by Crippen LogP contribution is -2.39. The van der Waals surface area contributed by atoms with Crippen molar-refractivity contribution in [1.82, 2.24) is 9.88 Å². The number of carbonyl (C=O) groups is 1. The minimum absolute atomic E-state index is 0.200. The van der Waals surface area contributed by atoms with Crippen LogP contribution in [0.1, 0.15) is 10.4 Å². The minimum Gasteiger partial charge on any atom is -0.478 e. The lowest BCUT2D eigenvalue weighted by atomic mass is 10.2. The first-order valence-electron chi connectivity index (χ1n) is 5.98. The molecule has 1 aromatic heterocycles. The van der Waals surface area contributed by atoms with Crippen molar-refractivity contribution >= 4 is 11.7 Å². The number of pyridine rings is 1. The molecule has 2 N–H and O–H groups in total. The number of hydrogen-bond donors (Lipinski definition) is 2. The summed E-state index contributed by atoms with van der Waals surface area (Å²) in [7, 11) is 0. The number of carboxylic acid groups (broad SMARTS) is 1. The summed E-state index contributed by atoms with van der Waals surface area (Å²) in [6.45, 7) is 5.17. The van der Waals surface area contributed by atoms with E-state index >= 15 is 0 Å². The fourth-order valence-corrected chi connectivity index (χ4v) is 1.84. The highest BCUT2D eigenvalue weighted by molar-refractivity contribution is 5.88. The molecule has 0 aromatic carbocycles. The van der Waals surface area contributed by atoms with Crippen molar-refractivity contribution in [1.29, 1.82) is 0 Å². The first kappa shape index (κ1) is 12.8. The molecule has 1 fully saturated rings. The largest absolute Gasteiger partial charge is 0.478 e. The highest BCUT2D eigenvalue weighted by Crippen LogP contribution is 2.08. The van der Waals surface area contributed by atoms with Crippen molar-refractivity contribution in [2.45, 2.75) is 0 Å². The number of nitrogens with zero attached hydrogens (tertiary/aromatic N) is 2. The van der Waals surface area contributed by atoms with Gasteiger partial charge in [-0.2, -0.15) is 0 Å². The van der Waals surface area contributed by atoms with Crippen molar-refractivity contribution in [2.24, 2.45) is 0 Å². The number of carboxylic acids is 1. The topological polar surface area (TPSA) is 74.7 Å². The van der Waals surface area contributed by atoms with Crippen LogP contribution in [-0.4, -0.2) is 60.4 Å². The first-order valence-corrected chi connectivity index (χ1v) is 5.98. The summed E-state index contributed by atoms with van der Waals surface area (Å²) in [5.41, 5.74) is 0.939. The molecule has 6 nitrogen and oxygen atoms in total. The molecule has 0 radical (unpaired) electrons. The van der Waals surface area contributed by atoms with Gasteiger partial charge in [0, 0.05) is 38.6 Å². The van der Waals surface area contributed by atoms with Crippen LogP contribution in [0.2, 0.25) is 0 Å². The molecule has 1 aromatic rings. The molecule has 0 spiro atoms. The van der Waals surface area contributed by atoms with Crippen molar-refractivity contribution in [3.8, 4) is 0 Å². The normalized spacial score (nSPS) is 16.4. The van der Waals surface area contributed by atoms with Crippen molar-refractivity contribution in [2.75, 3.05) is 44.7 Å². The van der Waals surface area contributed by atoms with Gasteiger partial charge in [-0.1, -0.05) is 0 Å². The maximum absolute atomic E-state index is 10.8. The van der Waals surface area contributed by atoms with Gasteiger partial charge < -0.3 is 15.2 Å². The fourth-order valence-electron chi connectivity index (χ4n) is 1.84. The van der Waals surface area contributed by atoms with E-state index in [-0.39, 0.29) is 5.56 Å². The predicted molar refractivity (Wildman–Crippen MR) is 66.9 cm³/mol. The Kier molecular flexibility index (Phi) is 4.49. The predicted octanol–water partition coefficient (Wildman–Crippen LogP) is 0.524. The summed E-state index contributed by atoms with van der Waals surface area (Å²) in [6, 6.07) is 1.59. The summed E-state index contributed by atoms with van der Waals surface area (Å²) in [5.74, 6) is -0.959. The van der Waals surface area contributed by atoms with Crippen LogP contribution in [-0.2, 0) is 4.74 Å². The molecular weight excluding hydrogens is 234 g/mol. The maximum atomic E-state index is 10.8. The number of nitrogens with one attached hydrogen (secondary N) is 1. The van der Waals surface area contributed by atoms with E-state index in [0.29, 0.717) is 0 Å². The Bertz CT molecular complexity index is 405. The van der Waals surface area contributed by atoms with Gasteiger partial charge in [-0.05, 0) is 6.07 Å². The van der Waals surface area contributed by atoms with Crippen LogP contribution < -0.4 is 5.32 Å². The number of hydrogen-bond acceptors (Lipinski definition) is 5. The van der Waals surface area contributed by atoms with E-state index in [2.05, 4.69) is 15.2 Å². The van der Waals surface area contributed by atoms with Gasteiger partial charge in [-0.15, -0.1) is 0 Å². The van der Waals surface area contributed by atoms with Gasteiger partial charge in [0.25, 0.3) is 0 Å². The summed E-state index contributed by atoms with van der Waals surface area (Å²) >= 11 is 0. The molecule has 1 saturated heterocycles. The Morgan fingerprint density at radius 3 is 2.94 bits per heavy atom. The average Bonchev–Trinajstić information content (AvgIpc) is 2.40. The summed E-state index contributed by atoms with van der Waals surface area (Å²) in [6.07, 6.45) is 2.97. The van der Waals surface area contributed by atoms with E-state index in [1.165, 1.54) is 6.20 Å². The van der Waals surface area contributed by atoms with Crippen LogP contribution in [0.25, 0.3) is 0 Å². The highest BCUT2D eigenvalue weighted by atomic mass is 16.5. The average molecular weight is 251 g/mol. The molecule has 1 aliphatic rings. The van der Waals surface area contributed by atoms with E-state index in [1.807, 2.05) is 0 Å². The Balaban J connectivity index is 1.78. The minimum atomic E-state index is -0.959. The van der Waals surface area contributed by atoms with Crippen LogP contribution in [0.5, 0.6) is 0 Å². The smallest absolute Gasteiger partial charge is 0.337 e. The Morgan fingerprint density at radius 2 is 2.22 bits per heavy atom. The lowest BCUT2D eigenvalue weighted by molar-refractivity contribution is 0.0398. The van der Waals surface area contributed by atoms with Crippen LogP contribution >= 0.6 is 0 Å². The molecule has 2 heterocycles. The third kappa shape index (κ3) is 3.68. The Hall–Kier alpha value is -1.66.